The summed E-state index contributed by atoms with van der Waals surface area (Å²) in [5.74, 6) is -0.506. The third-order valence-corrected chi connectivity index (χ3v) is 5.92. The molecule has 9 heteroatoms. The largest absolute Gasteiger partial charge is 0.325 e. The SMILES string of the molecule is CCc1ccc([N+](=O)[O-])cc1S(=O)(=O)N(C)CC(=O)Nc1ccc(C)cc1. The highest BCUT2D eigenvalue weighted by atomic mass is 32.2. The maximum absolute atomic E-state index is 12.8. The lowest BCUT2D eigenvalue weighted by atomic mass is 10.1. The van der Waals surface area contributed by atoms with Crippen LogP contribution in [0.15, 0.2) is 47.4 Å². The van der Waals surface area contributed by atoms with Gasteiger partial charge < -0.3 is 5.32 Å². The van der Waals surface area contributed by atoms with Gasteiger partial charge in [-0.2, -0.15) is 4.31 Å². The van der Waals surface area contributed by atoms with Gasteiger partial charge in [-0.3, -0.25) is 14.9 Å². The molecule has 0 saturated carbocycles. The molecule has 2 aromatic rings. The third kappa shape index (κ3) is 4.89. The average Bonchev–Trinajstić information content (AvgIpc) is 2.62. The molecule has 2 aromatic carbocycles. The molecule has 0 radical (unpaired) electrons. The van der Waals surface area contributed by atoms with Gasteiger partial charge in [0.25, 0.3) is 5.69 Å². The predicted molar refractivity (Wildman–Crippen MR) is 102 cm³/mol. The monoisotopic (exact) mass is 391 g/mol. The van der Waals surface area contributed by atoms with Gasteiger partial charge in [-0.05, 0) is 31.0 Å². The number of amides is 1. The number of nitrogens with one attached hydrogen (secondary N) is 1. The van der Waals surface area contributed by atoms with Crippen molar-refractivity contribution in [3.63, 3.8) is 0 Å². The first-order valence-corrected chi connectivity index (χ1v) is 9.69. The van der Waals surface area contributed by atoms with Gasteiger partial charge in [0.15, 0.2) is 0 Å². The Labute approximate surface area is 158 Å². The molecule has 0 spiro atoms. The second-order valence-electron chi connectivity index (χ2n) is 6.08. The first-order chi connectivity index (χ1) is 12.6. The van der Waals surface area contributed by atoms with Crippen LogP contribution in [0.5, 0.6) is 0 Å². The Morgan fingerprint density at radius 3 is 2.37 bits per heavy atom. The van der Waals surface area contributed by atoms with E-state index in [1.165, 1.54) is 19.2 Å². The lowest BCUT2D eigenvalue weighted by Crippen LogP contribution is -2.35. The van der Waals surface area contributed by atoms with Crippen molar-refractivity contribution < 1.29 is 18.1 Å². The maximum atomic E-state index is 12.8. The first-order valence-electron chi connectivity index (χ1n) is 8.25. The normalized spacial score (nSPS) is 11.4. The van der Waals surface area contributed by atoms with E-state index in [0.29, 0.717) is 17.7 Å². The average molecular weight is 391 g/mol. The van der Waals surface area contributed by atoms with Crippen LogP contribution in [0.3, 0.4) is 0 Å². The number of nitro groups is 1. The summed E-state index contributed by atoms with van der Waals surface area (Å²) >= 11 is 0. The molecule has 0 unspecified atom stereocenters. The molecule has 0 fully saturated rings. The number of non-ortho nitro benzene ring substituents is 1. The van der Waals surface area contributed by atoms with Crippen LogP contribution >= 0.6 is 0 Å². The first kappa shape index (κ1) is 20.5. The summed E-state index contributed by atoms with van der Waals surface area (Å²) in [5, 5.41) is 13.6. The number of likely N-dealkylation sites (N-methyl/N-ethyl adjacent to an activating group) is 1. The number of carbonyl (C=O) groups is 1. The number of nitro benzene ring substituents is 1. The van der Waals surface area contributed by atoms with Crippen LogP contribution < -0.4 is 5.32 Å². The van der Waals surface area contributed by atoms with Crippen molar-refractivity contribution in [1.82, 2.24) is 4.31 Å². The number of rotatable bonds is 7. The molecule has 2 rings (SSSR count). The van der Waals surface area contributed by atoms with Gasteiger partial charge in [0.1, 0.15) is 0 Å². The van der Waals surface area contributed by atoms with Crippen LogP contribution in [0.25, 0.3) is 0 Å². The van der Waals surface area contributed by atoms with Crippen molar-refractivity contribution in [2.45, 2.75) is 25.2 Å². The summed E-state index contributed by atoms with van der Waals surface area (Å²) < 4.78 is 26.6. The minimum Gasteiger partial charge on any atom is -0.325 e. The van der Waals surface area contributed by atoms with E-state index in [4.69, 9.17) is 0 Å². The number of nitrogens with zero attached hydrogens (tertiary/aromatic N) is 2. The van der Waals surface area contributed by atoms with E-state index in [-0.39, 0.29) is 10.6 Å². The number of hydrogen-bond acceptors (Lipinski definition) is 5. The summed E-state index contributed by atoms with van der Waals surface area (Å²) in [7, 11) is -2.80. The summed E-state index contributed by atoms with van der Waals surface area (Å²) in [6.45, 7) is 3.25. The molecular weight excluding hydrogens is 370 g/mol. The maximum Gasteiger partial charge on any atom is 0.270 e. The number of sulfonamides is 1. The van der Waals surface area contributed by atoms with E-state index < -0.39 is 27.4 Å². The fourth-order valence-electron chi connectivity index (χ4n) is 2.48. The van der Waals surface area contributed by atoms with Crippen molar-refractivity contribution in [3.8, 4) is 0 Å². The van der Waals surface area contributed by atoms with Crippen molar-refractivity contribution in [1.29, 1.82) is 0 Å². The number of aryl methyl sites for hydroxylation is 2. The van der Waals surface area contributed by atoms with Crippen molar-refractivity contribution in [2.75, 3.05) is 18.9 Å². The fraction of sp³-hybridized carbons (Fsp3) is 0.278. The number of anilines is 1. The number of hydrogen-bond donors (Lipinski definition) is 1. The second kappa shape index (κ2) is 8.28. The molecule has 0 atom stereocenters. The highest BCUT2D eigenvalue weighted by molar-refractivity contribution is 7.89. The van der Waals surface area contributed by atoms with Crippen molar-refractivity contribution in [3.05, 3.63) is 63.7 Å². The molecule has 144 valence electrons. The van der Waals surface area contributed by atoms with Crippen LogP contribution in [0.2, 0.25) is 0 Å². The Balaban J connectivity index is 2.22. The smallest absolute Gasteiger partial charge is 0.270 e. The Morgan fingerprint density at radius 1 is 1.19 bits per heavy atom. The second-order valence-corrected chi connectivity index (χ2v) is 8.09. The molecule has 0 heterocycles. The summed E-state index contributed by atoms with van der Waals surface area (Å²) in [6.07, 6.45) is 0.385. The van der Waals surface area contributed by atoms with Gasteiger partial charge in [-0.25, -0.2) is 8.42 Å². The van der Waals surface area contributed by atoms with Crippen molar-refractivity contribution >= 4 is 27.3 Å². The van der Waals surface area contributed by atoms with Crippen LogP contribution in [-0.2, 0) is 21.2 Å². The molecule has 8 nitrogen and oxygen atoms in total. The summed E-state index contributed by atoms with van der Waals surface area (Å²) in [5.41, 5.74) is 1.72. The Morgan fingerprint density at radius 2 is 1.81 bits per heavy atom. The van der Waals surface area contributed by atoms with Gasteiger partial charge >= 0.3 is 0 Å². The highest BCUT2D eigenvalue weighted by Gasteiger charge is 2.27. The number of carbonyl (C=O) groups excluding carboxylic acids is 1. The van der Waals surface area contributed by atoms with Crippen LogP contribution in [0, 0.1) is 17.0 Å². The molecule has 0 bridgehead atoms. The lowest BCUT2D eigenvalue weighted by molar-refractivity contribution is -0.385. The van der Waals surface area contributed by atoms with E-state index in [2.05, 4.69) is 5.32 Å². The van der Waals surface area contributed by atoms with E-state index >= 15 is 0 Å². The van der Waals surface area contributed by atoms with Gasteiger partial charge in [0.05, 0.1) is 16.4 Å². The molecule has 0 aliphatic heterocycles. The standard InChI is InChI=1S/C18H21N3O5S/c1-4-14-7-10-16(21(23)24)11-17(14)27(25,26)20(3)12-18(22)19-15-8-5-13(2)6-9-15/h5-11H,4,12H2,1-3H3,(H,19,22). The zero-order chi connectivity index (χ0) is 20.2. The zero-order valence-corrected chi connectivity index (χ0v) is 16.1. The molecule has 27 heavy (non-hydrogen) atoms. The predicted octanol–water partition coefficient (Wildman–Crippen LogP) is 2.72. The quantitative estimate of drug-likeness (QED) is 0.576. The van der Waals surface area contributed by atoms with Crippen LogP contribution in [0.4, 0.5) is 11.4 Å². The minimum absolute atomic E-state index is 0.162. The molecule has 1 amide bonds. The zero-order valence-electron chi connectivity index (χ0n) is 15.3. The van der Waals surface area contributed by atoms with Crippen LogP contribution in [0.1, 0.15) is 18.1 Å². The van der Waals surface area contributed by atoms with Gasteiger partial charge in [0.2, 0.25) is 15.9 Å². The van der Waals surface area contributed by atoms with E-state index in [0.717, 1.165) is 15.9 Å². The number of benzene rings is 2. The molecule has 0 aliphatic carbocycles. The Bertz CT molecular complexity index is 955. The van der Waals surface area contributed by atoms with Gasteiger partial charge in [-0.15, -0.1) is 0 Å². The molecular formula is C18H21N3O5S. The molecule has 0 aliphatic rings. The molecule has 0 saturated heterocycles. The summed E-state index contributed by atoms with van der Waals surface area (Å²) in [4.78, 5) is 22.4. The van der Waals surface area contributed by atoms with E-state index in [1.54, 1.807) is 19.1 Å². The molecule has 0 aromatic heterocycles. The summed E-state index contributed by atoms with van der Waals surface area (Å²) in [6, 6.07) is 10.8. The van der Waals surface area contributed by atoms with Gasteiger partial charge in [-0.1, -0.05) is 30.7 Å². The Hall–Kier alpha value is -2.78. The van der Waals surface area contributed by atoms with E-state index in [9.17, 15) is 23.3 Å². The fourth-order valence-corrected chi connectivity index (χ4v) is 3.92. The molecule has 1 N–H and O–H groups in total. The van der Waals surface area contributed by atoms with E-state index in [1.807, 2.05) is 19.1 Å². The van der Waals surface area contributed by atoms with Crippen LogP contribution in [-0.4, -0.2) is 37.1 Å². The third-order valence-electron chi connectivity index (χ3n) is 4.03. The lowest BCUT2D eigenvalue weighted by Gasteiger charge is -2.18. The Kier molecular flexibility index (Phi) is 6.29. The topological polar surface area (TPSA) is 110 Å². The highest BCUT2D eigenvalue weighted by Crippen LogP contribution is 2.25. The minimum atomic E-state index is -4.06. The van der Waals surface area contributed by atoms with Gasteiger partial charge in [0, 0.05) is 24.9 Å². The van der Waals surface area contributed by atoms with Crippen molar-refractivity contribution in [2.24, 2.45) is 0 Å².